The van der Waals surface area contributed by atoms with Crippen LogP contribution in [0.4, 0.5) is 0 Å². The van der Waals surface area contributed by atoms with Crippen molar-refractivity contribution in [2.45, 2.75) is 40.0 Å². The molecule has 1 N–H and O–H groups in total. The van der Waals surface area contributed by atoms with E-state index < -0.39 is 10.0 Å². The van der Waals surface area contributed by atoms with Crippen LogP contribution in [0, 0.1) is 11.3 Å². The van der Waals surface area contributed by atoms with Crippen molar-refractivity contribution in [1.82, 2.24) is 9.62 Å². The molecule has 0 unspecified atom stereocenters. The second-order valence-corrected chi connectivity index (χ2v) is 8.52. The zero-order chi connectivity index (χ0) is 13.8. The summed E-state index contributed by atoms with van der Waals surface area (Å²) in [5.41, 5.74) is -0.165. The maximum absolute atomic E-state index is 12.2. The number of nitrogens with zero attached hydrogens (tertiary/aromatic N) is 1. The molecular weight excluding hydrogens is 284 g/mol. The van der Waals surface area contributed by atoms with Gasteiger partial charge in [-0.05, 0) is 44.2 Å². The van der Waals surface area contributed by atoms with E-state index in [2.05, 4.69) is 5.32 Å². The number of hydrogen-bond acceptors (Lipinski definition) is 3. The molecule has 0 aliphatic carbocycles. The standard InChI is InChI=1S/C13H28N2O2S.ClH/c1-13(2,3)11-18(16,17)15-9-6-12(7-10-15)5-8-14-4;/h12,14H,5-11H2,1-4H3;1H. The molecule has 0 radical (unpaired) electrons. The molecule has 0 aromatic heterocycles. The van der Waals surface area contributed by atoms with Gasteiger partial charge >= 0.3 is 0 Å². The molecule has 4 nitrogen and oxygen atoms in total. The molecule has 1 aliphatic rings. The fraction of sp³-hybridized carbons (Fsp3) is 1.00. The molecule has 0 amide bonds. The number of rotatable bonds is 5. The van der Waals surface area contributed by atoms with Crippen LogP contribution in [0.5, 0.6) is 0 Å². The van der Waals surface area contributed by atoms with Gasteiger partial charge in [-0.15, -0.1) is 12.4 Å². The van der Waals surface area contributed by atoms with Gasteiger partial charge in [0.15, 0.2) is 0 Å². The Hall–Kier alpha value is 0.160. The highest BCUT2D eigenvalue weighted by Gasteiger charge is 2.31. The van der Waals surface area contributed by atoms with Crippen LogP contribution in [0.1, 0.15) is 40.0 Å². The predicted octanol–water partition coefficient (Wildman–Crippen LogP) is 2.11. The quantitative estimate of drug-likeness (QED) is 0.846. The van der Waals surface area contributed by atoms with E-state index in [-0.39, 0.29) is 23.6 Å². The Morgan fingerprint density at radius 2 is 1.74 bits per heavy atom. The van der Waals surface area contributed by atoms with Gasteiger partial charge in [-0.2, -0.15) is 0 Å². The van der Waals surface area contributed by atoms with Crippen LogP contribution in [-0.4, -0.2) is 45.2 Å². The smallest absolute Gasteiger partial charge is 0.214 e. The highest BCUT2D eigenvalue weighted by atomic mass is 35.5. The maximum Gasteiger partial charge on any atom is 0.214 e. The van der Waals surface area contributed by atoms with E-state index in [0.717, 1.165) is 25.8 Å². The lowest BCUT2D eigenvalue weighted by Gasteiger charge is -2.33. The van der Waals surface area contributed by atoms with Crippen LogP contribution in [0.15, 0.2) is 0 Å². The topological polar surface area (TPSA) is 49.4 Å². The van der Waals surface area contributed by atoms with E-state index in [1.54, 1.807) is 4.31 Å². The van der Waals surface area contributed by atoms with Crippen molar-refractivity contribution in [3.05, 3.63) is 0 Å². The van der Waals surface area contributed by atoms with E-state index in [1.165, 1.54) is 0 Å². The Kier molecular flexibility index (Phi) is 7.88. The van der Waals surface area contributed by atoms with E-state index >= 15 is 0 Å². The van der Waals surface area contributed by atoms with Gasteiger partial charge in [-0.1, -0.05) is 20.8 Å². The third-order valence-electron chi connectivity index (χ3n) is 3.38. The highest BCUT2D eigenvalue weighted by Crippen LogP contribution is 2.25. The number of halogens is 1. The third kappa shape index (κ3) is 6.93. The molecule has 0 bridgehead atoms. The molecule has 6 heteroatoms. The van der Waals surface area contributed by atoms with Crippen molar-refractivity contribution in [3.8, 4) is 0 Å². The van der Waals surface area contributed by atoms with Crippen molar-refractivity contribution in [1.29, 1.82) is 0 Å². The van der Waals surface area contributed by atoms with Gasteiger partial charge in [-0.25, -0.2) is 12.7 Å². The van der Waals surface area contributed by atoms with Crippen LogP contribution in [0.25, 0.3) is 0 Å². The van der Waals surface area contributed by atoms with Crippen molar-refractivity contribution in [2.24, 2.45) is 11.3 Å². The van der Waals surface area contributed by atoms with Gasteiger partial charge in [0.05, 0.1) is 5.75 Å². The zero-order valence-corrected chi connectivity index (χ0v) is 14.2. The second-order valence-electron chi connectivity index (χ2n) is 6.55. The summed E-state index contributed by atoms with van der Waals surface area (Å²) < 4.78 is 26.2. The minimum atomic E-state index is -3.07. The van der Waals surface area contributed by atoms with E-state index in [9.17, 15) is 8.42 Å². The fourth-order valence-corrected chi connectivity index (χ4v) is 4.51. The second kappa shape index (κ2) is 7.81. The lowest BCUT2D eigenvalue weighted by molar-refractivity contribution is 0.260. The molecular formula is C13H29ClN2O2S. The first-order chi connectivity index (χ1) is 8.24. The van der Waals surface area contributed by atoms with E-state index in [4.69, 9.17) is 0 Å². The monoisotopic (exact) mass is 312 g/mol. The summed E-state index contributed by atoms with van der Waals surface area (Å²) >= 11 is 0. The van der Waals surface area contributed by atoms with Crippen LogP contribution in [0.2, 0.25) is 0 Å². The minimum Gasteiger partial charge on any atom is -0.320 e. The maximum atomic E-state index is 12.2. The molecule has 0 aromatic rings. The Balaban J connectivity index is 0.00000324. The average molecular weight is 313 g/mol. The third-order valence-corrected chi connectivity index (χ3v) is 5.77. The van der Waals surface area contributed by atoms with Gasteiger partial charge in [0.1, 0.15) is 0 Å². The highest BCUT2D eigenvalue weighted by molar-refractivity contribution is 7.89. The molecule has 1 rings (SSSR count). The van der Waals surface area contributed by atoms with Crippen LogP contribution < -0.4 is 5.32 Å². The molecule has 0 spiro atoms. The van der Waals surface area contributed by atoms with Crippen molar-refractivity contribution in [2.75, 3.05) is 32.4 Å². The van der Waals surface area contributed by atoms with Crippen molar-refractivity contribution < 1.29 is 8.42 Å². The first-order valence-electron chi connectivity index (χ1n) is 6.87. The van der Waals surface area contributed by atoms with Gasteiger partial charge in [-0.3, -0.25) is 0 Å². The molecule has 1 fully saturated rings. The van der Waals surface area contributed by atoms with Crippen molar-refractivity contribution in [3.63, 3.8) is 0 Å². The summed E-state index contributed by atoms with van der Waals surface area (Å²) in [5, 5.41) is 3.16. The molecule has 19 heavy (non-hydrogen) atoms. The first-order valence-corrected chi connectivity index (χ1v) is 8.48. The van der Waals surface area contributed by atoms with Crippen molar-refractivity contribution >= 4 is 22.4 Å². The molecule has 1 heterocycles. The van der Waals surface area contributed by atoms with Gasteiger partial charge in [0, 0.05) is 13.1 Å². The minimum absolute atomic E-state index is 0. The number of hydrogen-bond donors (Lipinski definition) is 1. The van der Waals surface area contributed by atoms with Crippen LogP contribution >= 0.6 is 12.4 Å². The number of nitrogens with one attached hydrogen (secondary N) is 1. The summed E-state index contributed by atoms with van der Waals surface area (Å²) in [5.74, 6) is 0.930. The predicted molar refractivity (Wildman–Crippen MR) is 83.3 cm³/mol. The summed E-state index contributed by atoms with van der Waals surface area (Å²) in [4.78, 5) is 0. The Labute approximate surface area is 124 Å². The Morgan fingerprint density at radius 3 is 2.16 bits per heavy atom. The number of piperidine rings is 1. The lowest BCUT2D eigenvalue weighted by Crippen LogP contribution is -2.42. The fourth-order valence-electron chi connectivity index (χ4n) is 2.46. The number of sulfonamides is 1. The normalized spacial score (nSPS) is 19.2. The zero-order valence-electron chi connectivity index (χ0n) is 12.6. The van der Waals surface area contributed by atoms with Crippen LogP contribution in [0.3, 0.4) is 0 Å². The molecule has 1 saturated heterocycles. The molecule has 1 aliphatic heterocycles. The Bertz CT molecular complexity index is 344. The molecule has 0 atom stereocenters. The van der Waals surface area contributed by atoms with Crippen LogP contribution in [-0.2, 0) is 10.0 Å². The van der Waals surface area contributed by atoms with E-state index in [0.29, 0.717) is 19.0 Å². The van der Waals surface area contributed by atoms with Gasteiger partial charge in [0.2, 0.25) is 10.0 Å². The molecule has 0 saturated carbocycles. The summed E-state index contributed by atoms with van der Waals surface area (Å²) in [6.45, 7) is 8.36. The summed E-state index contributed by atoms with van der Waals surface area (Å²) in [6, 6.07) is 0. The van der Waals surface area contributed by atoms with E-state index in [1.807, 2.05) is 27.8 Å². The summed E-state index contributed by atoms with van der Waals surface area (Å²) in [7, 11) is -1.11. The average Bonchev–Trinajstić information content (AvgIpc) is 2.23. The Morgan fingerprint density at radius 1 is 1.21 bits per heavy atom. The SMILES string of the molecule is CNCCC1CCN(S(=O)(=O)CC(C)(C)C)CC1.Cl. The lowest BCUT2D eigenvalue weighted by atomic mass is 9.95. The first kappa shape index (κ1) is 19.2. The molecule has 116 valence electrons. The molecule has 0 aromatic carbocycles. The van der Waals surface area contributed by atoms with Gasteiger partial charge < -0.3 is 5.32 Å². The van der Waals surface area contributed by atoms with Gasteiger partial charge in [0.25, 0.3) is 0 Å². The largest absolute Gasteiger partial charge is 0.320 e. The summed E-state index contributed by atoms with van der Waals surface area (Å²) in [6.07, 6.45) is 3.17.